The number of hydrogen-bond acceptors (Lipinski definition) is 4. The Balaban J connectivity index is 1.71. The molecule has 0 aliphatic carbocycles. The van der Waals surface area contributed by atoms with Gasteiger partial charge in [0.05, 0.1) is 0 Å². The molecule has 7 heteroatoms. The van der Waals surface area contributed by atoms with Gasteiger partial charge in [-0.15, -0.1) is 0 Å². The Hall–Kier alpha value is -2.03. The van der Waals surface area contributed by atoms with Crippen LogP contribution < -0.4 is 5.32 Å². The number of halogens is 1. The average molecular weight is 435 g/mol. The molecule has 1 amide bonds. The van der Waals surface area contributed by atoms with Gasteiger partial charge in [0.25, 0.3) is 5.78 Å². The van der Waals surface area contributed by atoms with E-state index in [4.69, 9.17) is 0 Å². The largest absolute Gasteiger partial charge is 0.326 e. The van der Waals surface area contributed by atoms with Gasteiger partial charge in [-0.2, -0.15) is 10.1 Å². The van der Waals surface area contributed by atoms with E-state index in [9.17, 15) is 4.79 Å². The summed E-state index contributed by atoms with van der Waals surface area (Å²) in [4.78, 5) is 20.8. The normalized spacial score (nSPS) is 11.0. The van der Waals surface area contributed by atoms with Crippen LogP contribution in [0, 0.1) is 24.3 Å². The van der Waals surface area contributed by atoms with Crippen LogP contribution in [-0.4, -0.2) is 25.5 Å². The Morgan fingerprint density at radius 3 is 2.83 bits per heavy atom. The minimum Gasteiger partial charge on any atom is -0.326 e. The van der Waals surface area contributed by atoms with E-state index in [0.717, 1.165) is 26.2 Å². The van der Waals surface area contributed by atoms with Crippen LogP contribution in [0.15, 0.2) is 24.5 Å². The highest BCUT2D eigenvalue weighted by atomic mass is 127. The van der Waals surface area contributed by atoms with Gasteiger partial charge in [-0.1, -0.05) is 6.07 Å². The van der Waals surface area contributed by atoms with Crippen molar-refractivity contribution in [2.45, 2.75) is 33.6 Å². The summed E-state index contributed by atoms with van der Waals surface area (Å²) in [5.41, 5.74) is 4.94. The number of carbonyl (C=O) groups excluding carboxylic acids is 1. The van der Waals surface area contributed by atoms with Crippen LogP contribution in [0.5, 0.6) is 0 Å². The van der Waals surface area contributed by atoms with Crippen LogP contribution >= 0.6 is 22.6 Å². The average Bonchev–Trinajstić information content (AvgIpc) is 2.99. The molecule has 0 saturated heterocycles. The van der Waals surface area contributed by atoms with Gasteiger partial charge in [0.1, 0.15) is 6.33 Å². The lowest BCUT2D eigenvalue weighted by molar-refractivity contribution is -0.116. The molecule has 0 saturated carbocycles. The number of carbonyl (C=O) groups is 1. The summed E-state index contributed by atoms with van der Waals surface area (Å²) in [6.45, 7) is 5.97. The summed E-state index contributed by atoms with van der Waals surface area (Å²) in [5, 5.41) is 7.13. The summed E-state index contributed by atoms with van der Waals surface area (Å²) < 4.78 is 2.85. The third-order valence-corrected chi connectivity index (χ3v) is 5.21. The number of anilines is 1. The molecule has 0 bridgehead atoms. The Morgan fingerprint density at radius 2 is 2.08 bits per heavy atom. The van der Waals surface area contributed by atoms with Gasteiger partial charge >= 0.3 is 0 Å². The number of nitrogens with zero attached hydrogens (tertiary/aromatic N) is 4. The van der Waals surface area contributed by atoms with E-state index in [1.54, 1.807) is 4.52 Å². The van der Waals surface area contributed by atoms with Crippen molar-refractivity contribution in [3.05, 3.63) is 50.6 Å². The van der Waals surface area contributed by atoms with Crippen LogP contribution in [0.1, 0.15) is 28.9 Å². The second-order valence-corrected chi connectivity index (χ2v) is 6.91. The van der Waals surface area contributed by atoms with Crippen LogP contribution in [-0.2, 0) is 11.2 Å². The molecule has 0 fully saturated rings. The highest BCUT2D eigenvalue weighted by Crippen LogP contribution is 2.18. The first-order chi connectivity index (χ1) is 11.5. The van der Waals surface area contributed by atoms with Gasteiger partial charge in [0.2, 0.25) is 5.91 Å². The van der Waals surface area contributed by atoms with Crippen molar-refractivity contribution < 1.29 is 4.79 Å². The highest BCUT2D eigenvalue weighted by Gasteiger charge is 2.12. The Morgan fingerprint density at radius 1 is 1.29 bits per heavy atom. The number of nitrogens with one attached hydrogen (secondary N) is 1. The summed E-state index contributed by atoms with van der Waals surface area (Å²) >= 11 is 2.27. The zero-order valence-corrected chi connectivity index (χ0v) is 16.0. The number of rotatable bonds is 4. The molecule has 24 heavy (non-hydrogen) atoms. The number of fused-ring (bicyclic) bond motifs is 1. The Labute approximate surface area is 153 Å². The van der Waals surface area contributed by atoms with Crippen LogP contribution in [0.4, 0.5) is 5.69 Å². The molecule has 0 radical (unpaired) electrons. The summed E-state index contributed by atoms with van der Waals surface area (Å²) in [7, 11) is 0. The van der Waals surface area contributed by atoms with Gasteiger partial charge in [0, 0.05) is 27.1 Å². The van der Waals surface area contributed by atoms with E-state index in [1.807, 2.05) is 39.0 Å². The topological polar surface area (TPSA) is 72.2 Å². The fourth-order valence-corrected chi connectivity index (χ4v) is 3.17. The van der Waals surface area contributed by atoms with Crippen molar-refractivity contribution in [1.29, 1.82) is 0 Å². The second kappa shape index (κ2) is 6.84. The monoisotopic (exact) mass is 435 g/mol. The van der Waals surface area contributed by atoms with Crippen molar-refractivity contribution in [3.63, 3.8) is 0 Å². The maximum atomic E-state index is 12.2. The fraction of sp³-hybridized carbons (Fsp3) is 0.294. The molecule has 1 aromatic carbocycles. The molecule has 0 spiro atoms. The summed E-state index contributed by atoms with van der Waals surface area (Å²) in [6, 6.07) is 5.91. The maximum absolute atomic E-state index is 12.2. The molecule has 6 nitrogen and oxygen atoms in total. The second-order valence-electron chi connectivity index (χ2n) is 5.75. The minimum atomic E-state index is -0.00728. The van der Waals surface area contributed by atoms with Gasteiger partial charge in [-0.05, 0) is 73.0 Å². The van der Waals surface area contributed by atoms with Crippen LogP contribution in [0.2, 0.25) is 0 Å². The quantitative estimate of drug-likeness (QED) is 0.639. The van der Waals surface area contributed by atoms with E-state index < -0.39 is 0 Å². The summed E-state index contributed by atoms with van der Waals surface area (Å²) in [6.07, 6.45) is 2.51. The molecule has 1 N–H and O–H groups in total. The van der Waals surface area contributed by atoms with Gasteiger partial charge in [-0.25, -0.2) is 9.50 Å². The molecule has 0 aliphatic heterocycles. The first kappa shape index (κ1) is 16.8. The van der Waals surface area contributed by atoms with E-state index >= 15 is 0 Å². The molecular weight excluding hydrogens is 417 g/mol. The third kappa shape index (κ3) is 3.40. The third-order valence-electron chi connectivity index (χ3n) is 4.05. The van der Waals surface area contributed by atoms with Crippen molar-refractivity contribution in [1.82, 2.24) is 19.6 Å². The molecule has 0 aliphatic rings. The zero-order valence-electron chi connectivity index (χ0n) is 13.8. The zero-order chi connectivity index (χ0) is 17.3. The Bertz CT molecular complexity index is 919. The van der Waals surface area contributed by atoms with Gasteiger partial charge in [-0.3, -0.25) is 4.79 Å². The van der Waals surface area contributed by atoms with Crippen molar-refractivity contribution in [3.8, 4) is 0 Å². The van der Waals surface area contributed by atoms with Crippen LogP contribution in [0.25, 0.3) is 5.78 Å². The first-order valence-electron chi connectivity index (χ1n) is 7.67. The molecular formula is C17H18IN5O. The van der Waals surface area contributed by atoms with Crippen molar-refractivity contribution >= 4 is 40.0 Å². The number of hydrogen-bond donors (Lipinski definition) is 1. The standard InChI is InChI=1S/C17H18IN5O/c1-10-4-5-13(8-15(10)18)22-16(24)7-6-14-11(2)21-17-19-9-20-23(17)12(14)3/h4-5,8-9H,6-7H2,1-3H3,(H,22,24). The molecule has 2 heterocycles. The smallest absolute Gasteiger partial charge is 0.252 e. The molecule has 0 atom stereocenters. The first-order valence-corrected chi connectivity index (χ1v) is 8.75. The maximum Gasteiger partial charge on any atom is 0.252 e. The lowest BCUT2D eigenvalue weighted by Gasteiger charge is -2.11. The van der Waals surface area contributed by atoms with Crippen LogP contribution in [0.3, 0.4) is 0 Å². The number of benzene rings is 1. The molecule has 124 valence electrons. The number of aryl methyl sites for hydroxylation is 3. The SMILES string of the molecule is Cc1ccc(NC(=O)CCc2c(C)nc3ncnn3c2C)cc1I. The molecule has 0 unspecified atom stereocenters. The van der Waals surface area contributed by atoms with E-state index in [2.05, 4.69) is 43.0 Å². The number of amides is 1. The van der Waals surface area contributed by atoms with Gasteiger partial charge in [0.15, 0.2) is 0 Å². The molecule has 2 aromatic heterocycles. The fourth-order valence-electron chi connectivity index (χ4n) is 2.65. The van der Waals surface area contributed by atoms with Gasteiger partial charge < -0.3 is 5.32 Å². The lowest BCUT2D eigenvalue weighted by Crippen LogP contribution is -2.14. The predicted octanol–water partition coefficient (Wildman–Crippen LogP) is 3.23. The van der Waals surface area contributed by atoms with E-state index in [0.29, 0.717) is 18.6 Å². The lowest BCUT2D eigenvalue weighted by atomic mass is 10.1. The predicted molar refractivity (Wildman–Crippen MR) is 101 cm³/mol. The molecule has 3 rings (SSSR count). The minimum absolute atomic E-state index is 0.00728. The highest BCUT2D eigenvalue weighted by molar-refractivity contribution is 14.1. The molecule has 3 aromatic rings. The van der Waals surface area contributed by atoms with Crippen molar-refractivity contribution in [2.75, 3.05) is 5.32 Å². The summed E-state index contributed by atoms with van der Waals surface area (Å²) in [5.74, 6) is 0.583. The van der Waals surface area contributed by atoms with E-state index in [1.165, 1.54) is 11.9 Å². The van der Waals surface area contributed by atoms with Crippen molar-refractivity contribution in [2.24, 2.45) is 0 Å². The number of aromatic nitrogens is 4. The van der Waals surface area contributed by atoms with E-state index in [-0.39, 0.29) is 5.91 Å². The Kier molecular flexibility index (Phi) is 4.79.